The first-order chi connectivity index (χ1) is 27.3. The Morgan fingerprint density at radius 1 is 0.500 bits per heavy atom. The summed E-state index contributed by atoms with van der Waals surface area (Å²) in [6.45, 7) is 9.49. The zero-order valence-electron chi connectivity index (χ0n) is 32.4. The fourth-order valence-electron chi connectivity index (χ4n) is 10.1. The fourth-order valence-corrected chi connectivity index (χ4v) is 11.3. The van der Waals surface area contributed by atoms with Crippen molar-refractivity contribution >= 4 is 44.6 Å². The van der Waals surface area contributed by atoms with E-state index in [1.54, 1.807) is 0 Å². The number of anilines is 3. The molecule has 0 bridgehead atoms. The van der Waals surface area contributed by atoms with Gasteiger partial charge in [-0.3, -0.25) is 0 Å². The van der Waals surface area contributed by atoms with Gasteiger partial charge in [-0.25, -0.2) is 0 Å². The predicted octanol–water partition coefficient (Wildman–Crippen LogP) is 15.3. The Morgan fingerprint density at radius 3 is 2.00 bits per heavy atom. The molecule has 0 N–H and O–H groups in total. The van der Waals surface area contributed by atoms with Crippen LogP contribution in [0.1, 0.15) is 66.8 Å². The monoisotopic (exact) mass is 737 g/mol. The summed E-state index contributed by atoms with van der Waals surface area (Å²) in [6.07, 6.45) is 6.86. The van der Waals surface area contributed by atoms with Crippen LogP contribution < -0.4 is 4.90 Å². The van der Waals surface area contributed by atoms with E-state index in [0.717, 1.165) is 24.2 Å². The first kappa shape index (κ1) is 33.4. The van der Waals surface area contributed by atoms with Crippen molar-refractivity contribution in [1.82, 2.24) is 0 Å². The number of thiophene rings is 1. The lowest BCUT2D eigenvalue weighted by atomic mass is 9.82. The molecular formula is C54H43NS. The van der Waals surface area contributed by atoms with Crippen molar-refractivity contribution in [2.45, 2.75) is 51.4 Å². The van der Waals surface area contributed by atoms with Gasteiger partial charge in [-0.05, 0) is 134 Å². The molecule has 0 aliphatic heterocycles. The van der Waals surface area contributed by atoms with Crippen LogP contribution in [-0.4, -0.2) is 0 Å². The molecule has 7 aromatic carbocycles. The van der Waals surface area contributed by atoms with Gasteiger partial charge in [0, 0.05) is 37.3 Å². The molecule has 3 aliphatic rings. The molecule has 1 aromatic heterocycles. The normalized spacial score (nSPS) is 15.2. The summed E-state index contributed by atoms with van der Waals surface area (Å²) >= 11 is 1.92. The summed E-state index contributed by atoms with van der Waals surface area (Å²) in [5.41, 5.74) is 20.7. The molecule has 0 spiro atoms. The maximum atomic E-state index is 2.51. The molecular weight excluding hydrogens is 695 g/mol. The number of aryl methyl sites for hydroxylation is 1. The average molecular weight is 738 g/mol. The maximum Gasteiger partial charge on any atom is 0.0540 e. The zero-order valence-corrected chi connectivity index (χ0v) is 33.2. The Hall–Kier alpha value is -5.96. The quantitative estimate of drug-likeness (QED) is 0.170. The number of hydrogen-bond donors (Lipinski definition) is 0. The predicted molar refractivity (Wildman–Crippen MR) is 240 cm³/mol. The second kappa shape index (κ2) is 12.3. The average Bonchev–Trinajstić information content (AvgIpc) is 3.81. The topological polar surface area (TPSA) is 3.24 Å². The van der Waals surface area contributed by atoms with E-state index in [-0.39, 0.29) is 10.8 Å². The third-order valence-electron chi connectivity index (χ3n) is 13.0. The molecule has 56 heavy (non-hydrogen) atoms. The minimum Gasteiger partial charge on any atom is -0.310 e. The van der Waals surface area contributed by atoms with E-state index in [2.05, 4.69) is 196 Å². The summed E-state index contributed by atoms with van der Waals surface area (Å²) in [7, 11) is 0. The number of allylic oxidation sites excluding steroid dienone is 1. The maximum absolute atomic E-state index is 2.51. The van der Waals surface area contributed by atoms with Gasteiger partial charge in [-0.15, -0.1) is 11.3 Å². The lowest BCUT2D eigenvalue weighted by Crippen LogP contribution is -2.17. The van der Waals surface area contributed by atoms with Crippen LogP contribution >= 0.6 is 11.3 Å². The molecule has 0 saturated carbocycles. The molecule has 2 heteroatoms. The van der Waals surface area contributed by atoms with Gasteiger partial charge in [-0.2, -0.15) is 0 Å². The highest BCUT2D eigenvalue weighted by molar-refractivity contribution is 7.20. The number of para-hydroxylation sites is 1. The Labute approximate surface area is 334 Å². The fraction of sp³-hybridized carbons (Fsp3) is 0.148. The third kappa shape index (κ3) is 4.85. The Kier molecular flexibility index (Phi) is 7.31. The number of fused-ring (bicyclic) bond motifs is 9. The molecule has 0 radical (unpaired) electrons. The molecule has 270 valence electrons. The van der Waals surface area contributed by atoms with E-state index >= 15 is 0 Å². The highest BCUT2D eigenvalue weighted by Crippen LogP contribution is 2.55. The van der Waals surface area contributed by atoms with Gasteiger partial charge in [0.2, 0.25) is 0 Å². The minimum absolute atomic E-state index is 0.0788. The zero-order chi connectivity index (χ0) is 37.8. The second-order valence-electron chi connectivity index (χ2n) is 16.8. The van der Waals surface area contributed by atoms with Crippen LogP contribution in [0.2, 0.25) is 0 Å². The molecule has 0 amide bonds. The molecule has 1 heterocycles. The van der Waals surface area contributed by atoms with E-state index < -0.39 is 0 Å². The van der Waals surface area contributed by atoms with Crippen molar-refractivity contribution in [3.05, 3.63) is 190 Å². The van der Waals surface area contributed by atoms with Crippen LogP contribution in [0.4, 0.5) is 17.1 Å². The molecule has 1 nitrogen and oxygen atoms in total. The Bertz CT molecular complexity index is 2930. The lowest BCUT2D eigenvalue weighted by molar-refractivity contribution is 0.660. The van der Waals surface area contributed by atoms with Crippen LogP contribution in [0.15, 0.2) is 158 Å². The van der Waals surface area contributed by atoms with Crippen molar-refractivity contribution in [3.63, 3.8) is 0 Å². The van der Waals surface area contributed by atoms with E-state index in [0.29, 0.717) is 0 Å². The Balaban J connectivity index is 1.13. The van der Waals surface area contributed by atoms with Gasteiger partial charge in [0.25, 0.3) is 0 Å². The van der Waals surface area contributed by atoms with Crippen molar-refractivity contribution in [2.75, 3.05) is 4.90 Å². The number of hydrogen-bond acceptors (Lipinski definition) is 2. The van der Waals surface area contributed by atoms with Crippen LogP contribution in [-0.2, 0) is 17.3 Å². The SMILES string of the molecule is CC1(C)c2ccccc2-c2ccc(N(c3cccc(-c4ccc5sc6c(c5c4)CCC=C6)c3)c3ccccc3-c3cccc4c3-c3ccccc3C4(C)C)cc21. The molecule has 0 atom stereocenters. The van der Waals surface area contributed by atoms with Crippen LogP contribution in [0, 0.1) is 0 Å². The number of nitrogens with zero attached hydrogens (tertiary/aromatic N) is 1. The van der Waals surface area contributed by atoms with Gasteiger partial charge in [0.15, 0.2) is 0 Å². The van der Waals surface area contributed by atoms with E-state index in [4.69, 9.17) is 0 Å². The van der Waals surface area contributed by atoms with Crippen molar-refractivity contribution in [2.24, 2.45) is 0 Å². The van der Waals surface area contributed by atoms with Crippen LogP contribution in [0.3, 0.4) is 0 Å². The summed E-state index contributed by atoms with van der Waals surface area (Å²) in [4.78, 5) is 3.93. The van der Waals surface area contributed by atoms with Crippen molar-refractivity contribution in [3.8, 4) is 44.5 Å². The second-order valence-corrected chi connectivity index (χ2v) is 17.9. The van der Waals surface area contributed by atoms with Crippen molar-refractivity contribution < 1.29 is 0 Å². The first-order valence-electron chi connectivity index (χ1n) is 20.0. The van der Waals surface area contributed by atoms with Crippen molar-refractivity contribution in [1.29, 1.82) is 0 Å². The van der Waals surface area contributed by atoms with Gasteiger partial charge >= 0.3 is 0 Å². The van der Waals surface area contributed by atoms with Crippen LogP contribution in [0.5, 0.6) is 0 Å². The van der Waals surface area contributed by atoms with Gasteiger partial charge in [0.05, 0.1) is 5.69 Å². The summed E-state index contributed by atoms with van der Waals surface area (Å²) in [6, 6.07) is 57.3. The molecule has 8 aromatic rings. The van der Waals surface area contributed by atoms with Crippen LogP contribution in [0.25, 0.3) is 60.7 Å². The Morgan fingerprint density at radius 2 is 1.14 bits per heavy atom. The standard InChI is InChI=1S/C54H43NS/c1-53(2)46-23-10-6-20-43(46)52-42(21-14-24-47(52)53)40-18-7-11-25-49(40)55(37-28-29-39-38-17-5-9-22-45(38)54(3,4)48(39)33-37)36-16-13-15-34(31-36)35-27-30-51-44(32-35)41-19-8-12-26-50(41)56-51/h5-7,9-18,20-33H,8,19H2,1-4H3. The minimum atomic E-state index is -0.116. The summed E-state index contributed by atoms with van der Waals surface area (Å²) in [5.74, 6) is 0. The van der Waals surface area contributed by atoms with Gasteiger partial charge < -0.3 is 4.90 Å². The van der Waals surface area contributed by atoms with E-state index in [9.17, 15) is 0 Å². The molecule has 3 aliphatic carbocycles. The lowest BCUT2D eigenvalue weighted by Gasteiger charge is -2.30. The molecule has 0 fully saturated rings. The number of benzene rings is 7. The highest BCUT2D eigenvalue weighted by Gasteiger charge is 2.38. The van der Waals surface area contributed by atoms with E-state index in [1.165, 1.54) is 93.0 Å². The number of rotatable bonds is 5. The van der Waals surface area contributed by atoms with Gasteiger partial charge in [-0.1, -0.05) is 143 Å². The van der Waals surface area contributed by atoms with Gasteiger partial charge in [0.1, 0.15) is 0 Å². The highest BCUT2D eigenvalue weighted by atomic mass is 32.1. The summed E-state index contributed by atoms with van der Waals surface area (Å²) in [5, 5.41) is 1.40. The molecule has 11 rings (SSSR count). The third-order valence-corrected chi connectivity index (χ3v) is 14.1. The largest absolute Gasteiger partial charge is 0.310 e. The summed E-state index contributed by atoms with van der Waals surface area (Å²) < 4.78 is 1.37. The molecule has 0 saturated heterocycles. The molecule has 0 unspecified atom stereocenters. The van der Waals surface area contributed by atoms with E-state index in [1.807, 2.05) is 11.3 Å². The first-order valence-corrected chi connectivity index (χ1v) is 20.8. The smallest absolute Gasteiger partial charge is 0.0540 e.